The third-order valence-electron chi connectivity index (χ3n) is 3.23. The van der Waals surface area contributed by atoms with E-state index in [2.05, 4.69) is 33.0 Å². The van der Waals surface area contributed by atoms with E-state index in [9.17, 15) is 9.18 Å². The summed E-state index contributed by atoms with van der Waals surface area (Å²) in [6.07, 6.45) is 0. The Kier molecular flexibility index (Phi) is 4.42. The van der Waals surface area contributed by atoms with E-state index in [4.69, 9.17) is 0 Å². The van der Waals surface area contributed by atoms with Crippen molar-refractivity contribution in [2.24, 2.45) is 0 Å². The van der Waals surface area contributed by atoms with Gasteiger partial charge in [0.15, 0.2) is 0 Å². The monoisotopic (exact) mass is 421 g/mol. The highest BCUT2D eigenvalue weighted by atomic mass is 127. The van der Waals surface area contributed by atoms with Gasteiger partial charge in [0.1, 0.15) is 11.6 Å². The molecule has 3 aromatic rings. The third kappa shape index (κ3) is 3.58. The van der Waals surface area contributed by atoms with E-state index in [1.807, 2.05) is 19.1 Å². The molecule has 1 N–H and O–H groups in total. The van der Waals surface area contributed by atoms with Crippen molar-refractivity contribution in [1.29, 1.82) is 0 Å². The highest BCUT2D eigenvalue weighted by molar-refractivity contribution is 14.1. The van der Waals surface area contributed by atoms with Gasteiger partial charge >= 0.3 is 0 Å². The van der Waals surface area contributed by atoms with Crippen molar-refractivity contribution < 1.29 is 9.18 Å². The molecule has 2 aromatic carbocycles. The number of nitrogens with one attached hydrogen (secondary N) is 1. The number of benzene rings is 2. The first-order valence-electron chi connectivity index (χ1n) is 6.92. The number of halogens is 2. The number of nitrogens with zero attached hydrogens (tertiary/aromatic N) is 2. The van der Waals surface area contributed by atoms with Crippen LogP contribution >= 0.6 is 22.6 Å². The second-order valence-electron chi connectivity index (χ2n) is 5.02. The van der Waals surface area contributed by atoms with Crippen LogP contribution in [0.4, 0.5) is 10.2 Å². The van der Waals surface area contributed by atoms with Gasteiger partial charge in [-0.1, -0.05) is 6.07 Å². The zero-order chi connectivity index (χ0) is 16.4. The maximum Gasteiger partial charge on any atom is 0.256 e. The summed E-state index contributed by atoms with van der Waals surface area (Å²) in [6.45, 7) is 1.83. The van der Waals surface area contributed by atoms with Crippen LogP contribution in [0.2, 0.25) is 0 Å². The number of carbonyl (C=O) groups is 1. The molecule has 3 rings (SSSR count). The Balaban J connectivity index is 1.91. The fourth-order valence-corrected chi connectivity index (χ4v) is 2.73. The molecule has 0 radical (unpaired) electrons. The Hall–Kier alpha value is -2.22. The number of carbonyl (C=O) groups excluding carboxylic acids is 1. The molecule has 1 aromatic heterocycles. The highest BCUT2D eigenvalue weighted by Gasteiger charge is 2.12. The molecule has 0 aliphatic rings. The Morgan fingerprint density at radius 2 is 1.91 bits per heavy atom. The van der Waals surface area contributed by atoms with E-state index in [-0.39, 0.29) is 11.7 Å². The highest BCUT2D eigenvalue weighted by Crippen LogP contribution is 2.19. The van der Waals surface area contributed by atoms with Crippen LogP contribution < -0.4 is 5.32 Å². The third-order valence-corrected chi connectivity index (χ3v) is 3.90. The minimum absolute atomic E-state index is 0.216. The van der Waals surface area contributed by atoms with Crippen LogP contribution in [-0.4, -0.2) is 15.7 Å². The Labute approximate surface area is 146 Å². The van der Waals surface area contributed by atoms with Crippen molar-refractivity contribution in [3.63, 3.8) is 0 Å². The molecule has 1 heterocycles. The predicted molar refractivity (Wildman–Crippen MR) is 95.4 cm³/mol. The van der Waals surface area contributed by atoms with Gasteiger partial charge in [0, 0.05) is 15.2 Å². The lowest BCUT2D eigenvalue weighted by Gasteiger charge is -2.09. The van der Waals surface area contributed by atoms with Gasteiger partial charge in [-0.25, -0.2) is 9.07 Å². The van der Waals surface area contributed by atoms with Crippen molar-refractivity contribution in [1.82, 2.24) is 9.78 Å². The molecule has 0 unspecified atom stereocenters. The standard InChI is InChI=1S/C17H13FIN3O/c1-11-9-16(20-17(23)12-3-2-4-14(19)10-12)22(21-11)15-7-5-13(18)6-8-15/h2-10H,1H3,(H,20,23). The minimum Gasteiger partial charge on any atom is -0.306 e. The van der Waals surface area contributed by atoms with Gasteiger partial charge in [-0.15, -0.1) is 0 Å². The van der Waals surface area contributed by atoms with Crippen LogP contribution in [0.15, 0.2) is 54.6 Å². The molecule has 0 saturated carbocycles. The van der Waals surface area contributed by atoms with Crippen LogP contribution in [0.1, 0.15) is 16.1 Å². The lowest BCUT2D eigenvalue weighted by molar-refractivity contribution is 0.102. The summed E-state index contributed by atoms with van der Waals surface area (Å²) in [5.74, 6) is 0.00632. The molecule has 0 aliphatic carbocycles. The van der Waals surface area contributed by atoms with E-state index < -0.39 is 0 Å². The Bertz CT molecular complexity index is 859. The van der Waals surface area contributed by atoms with E-state index in [1.54, 1.807) is 35.0 Å². The molecule has 23 heavy (non-hydrogen) atoms. The number of rotatable bonds is 3. The maximum atomic E-state index is 13.1. The van der Waals surface area contributed by atoms with E-state index in [0.717, 1.165) is 9.26 Å². The first kappa shape index (κ1) is 15.7. The summed E-state index contributed by atoms with van der Waals surface area (Å²) >= 11 is 2.16. The Morgan fingerprint density at radius 3 is 2.61 bits per heavy atom. The summed E-state index contributed by atoms with van der Waals surface area (Å²) < 4.78 is 15.6. The van der Waals surface area contributed by atoms with Gasteiger partial charge in [-0.3, -0.25) is 4.79 Å². The lowest BCUT2D eigenvalue weighted by atomic mass is 10.2. The lowest BCUT2D eigenvalue weighted by Crippen LogP contribution is -2.15. The van der Waals surface area contributed by atoms with Crippen LogP contribution in [0.25, 0.3) is 5.69 Å². The zero-order valence-electron chi connectivity index (χ0n) is 12.3. The SMILES string of the molecule is Cc1cc(NC(=O)c2cccc(I)c2)n(-c2ccc(F)cc2)n1. The fraction of sp³-hybridized carbons (Fsp3) is 0.0588. The zero-order valence-corrected chi connectivity index (χ0v) is 14.4. The number of hydrogen-bond donors (Lipinski definition) is 1. The smallest absolute Gasteiger partial charge is 0.256 e. The van der Waals surface area contributed by atoms with E-state index in [1.165, 1.54) is 12.1 Å². The molecular formula is C17H13FIN3O. The van der Waals surface area contributed by atoms with Gasteiger partial charge in [0.05, 0.1) is 11.4 Å². The fourth-order valence-electron chi connectivity index (χ4n) is 2.19. The van der Waals surface area contributed by atoms with Gasteiger partial charge in [0.25, 0.3) is 5.91 Å². The number of aromatic nitrogens is 2. The summed E-state index contributed by atoms with van der Waals surface area (Å²) in [4.78, 5) is 12.4. The number of hydrogen-bond acceptors (Lipinski definition) is 2. The van der Waals surface area contributed by atoms with Crippen LogP contribution in [0.3, 0.4) is 0 Å². The first-order chi connectivity index (χ1) is 11.0. The average Bonchev–Trinajstić information content (AvgIpc) is 2.88. The summed E-state index contributed by atoms with van der Waals surface area (Å²) in [7, 11) is 0. The summed E-state index contributed by atoms with van der Waals surface area (Å²) in [5.41, 5.74) is 2.01. The molecule has 4 nitrogen and oxygen atoms in total. The van der Waals surface area contributed by atoms with Crippen molar-refractivity contribution in [3.8, 4) is 5.69 Å². The number of aryl methyl sites for hydroxylation is 1. The van der Waals surface area contributed by atoms with E-state index in [0.29, 0.717) is 17.1 Å². The molecule has 0 aliphatic heterocycles. The second kappa shape index (κ2) is 6.49. The summed E-state index contributed by atoms with van der Waals surface area (Å²) in [5, 5.41) is 7.21. The molecule has 0 saturated heterocycles. The largest absolute Gasteiger partial charge is 0.306 e. The normalized spacial score (nSPS) is 10.6. The van der Waals surface area contributed by atoms with Gasteiger partial charge in [-0.2, -0.15) is 5.10 Å². The molecule has 6 heteroatoms. The molecule has 0 atom stereocenters. The Morgan fingerprint density at radius 1 is 1.17 bits per heavy atom. The summed E-state index contributed by atoms with van der Waals surface area (Å²) in [6, 6.07) is 15.0. The van der Waals surface area contributed by atoms with E-state index >= 15 is 0 Å². The van der Waals surface area contributed by atoms with Crippen LogP contribution in [0, 0.1) is 16.3 Å². The molecule has 0 spiro atoms. The van der Waals surface area contributed by atoms with Crippen molar-refractivity contribution in [2.75, 3.05) is 5.32 Å². The molecule has 116 valence electrons. The minimum atomic E-state index is -0.318. The van der Waals surface area contributed by atoms with Gasteiger partial charge in [-0.05, 0) is 72.0 Å². The molecule has 0 bridgehead atoms. The average molecular weight is 421 g/mol. The second-order valence-corrected chi connectivity index (χ2v) is 6.27. The molecular weight excluding hydrogens is 408 g/mol. The maximum absolute atomic E-state index is 13.1. The predicted octanol–water partition coefficient (Wildman–Crippen LogP) is 4.18. The molecule has 1 amide bonds. The quantitative estimate of drug-likeness (QED) is 0.646. The topological polar surface area (TPSA) is 46.9 Å². The van der Waals surface area contributed by atoms with Gasteiger partial charge in [0.2, 0.25) is 0 Å². The van der Waals surface area contributed by atoms with Crippen LogP contribution in [0.5, 0.6) is 0 Å². The number of anilines is 1. The molecule has 0 fully saturated rings. The first-order valence-corrected chi connectivity index (χ1v) is 8.00. The van der Waals surface area contributed by atoms with Crippen molar-refractivity contribution in [2.45, 2.75) is 6.92 Å². The van der Waals surface area contributed by atoms with Gasteiger partial charge < -0.3 is 5.32 Å². The van der Waals surface area contributed by atoms with Crippen molar-refractivity contribution >= 4 is 34.3 Å². The van der Waals surface area contributed by atoms with Crippen LogP contribution in [-0.2, 0) is 0 Å². The van der Waals surface area contributed by atoms with Crippen molar-refractivity contribution in [3.05, 3.63) is 75.2 Å². The number of amides is 1.